The molecule has 1 saturated heterocycles. The lowest BCUT2D eigenvalue weighted by Crippen LogP contribution is -1.97. The summed E-state index contributed by atoms with van der Waals surface area (Å²) >= 11 is 0. The third-order valence-corrected chi connectivity index (χ3v) is 2.50. The van der Waals surface area contributed by atoms with Crippen LogP contribution in [0.15, 0.2) is 36.4 Å². The molecular weight excluding hydrogens is 160 g/mol. The molecule has 1 heteroatoms. The van der Waals surface area contributed by atoms with E-state index < -0.39 is 0 Å². The van der Waals surface area contributed by atoms with Crippen molar-refractivity contribution in [3.8, 4) is 0 Å². The summed E-state index contributed by atoms with van der Waals surface area (Å²) < 4.78 is 5.63. The molecule has 1 aromatic carbocycles. The molecule has 2 rings (SSSR count). The number of benzene rings is 1. The van der Waals surface area contributed by atoms with E-state index in [1.165, 1.54) is 16.7 Å². The van der Waals surface area contributed by atoms with Crippen molar-refractivity contribution in [2.24, 2.45) is 0 Å². The van der Waals surface area contributed by atoms with Crippen LogP contribution in [0.4, 0.5) is 0 Å². The molecule has 0 aliphatic carbocycles. The van der Waals surface area contributed by atoms with E-state index >= 15 is 0 Å². The van der Waals surface area contributed by atoms with Crippen molar-refractivity contribution in [3.63, 3.8) is 0 Å². The summed E-state index contributed by atoms with van der Waals surface area (Å²) in [5.41, 5.74) is 3.82. The number of aryl methyl sites for hydroxylation is 1. The van der Waals surface area contributed by atoms with E-state index in [0.717, 1.165) is 13.0 Å². The molecule has 13 heavy (non-hydrogen) atoms. The fourth-order valence-corrected chi connectivity index (χ4v) is 1.75. The van der Waals surface area contributed by atoms with Gasteiger partial charge >= 0.3 is 0 Å². The van der Waals surface area contributed by atoms with Crippen molar-refractivity contribution in [2.45, 2.75) is 19.4 Å². The summed E-state index contributed by atoms with van der Waals surface area (Å²) in [6, 6.07) is 8.38. The lowest BCUT2D eigenvalue weighted by atomic mass is 10.0. The Labute approximate surface area is 79.0 Å². The third-order valence-electron chi connectivity index (χ3n) is 2.50. The summed E-state index contributed by atoms with van der Waals surface area (Å²) in [6.45, 7) is 6.78. The summed E-state index contributed by atoms with van der Waals surface area (Å²) in [6.07, 6.45) is 1.22. The Hall–Kier alpha value is -1.08. The van der Waals surface area contributed by atoms with Gasteiger partial charge in [0.2, 0.25) is 0 Å². The normalized spacial score (nSPS) is 22.2. The minimum absolute atomic E-state index is 0.244. The highest BCUT2D eigenvalue weighted by Crippen LogP contribution is 2.32. The van der Waals surface area contributed by atoms with E-state index in [1.54, 1.807) is 0 Å². The summed E-state index contributed by atoms with van der Waals surface area (Å²) in [4.78, 5) is 0. The molecule has 0 aromatic heterocycles. The van der Waals surface area contributed by atoms with Crippen LogP contribution < -0.4 is 0 Å². The number of rotatable bonds is 1. The maximum atomic E-state index is 5.63. The maximum Gasteiger partial charge on any atom is 0.0869 e. The zero-order chi connectivity index (χ0) is 9.26. The van der Waals surface area contributed by atoms with Gasteiger partial charge in [-0.25, -0.2) is 0 Å². The van der Waals surface area contributed by atoms with Crippen molar-refractivity contribution >= 4 is 0 Å². The number of ether oxygens (including phenoxy) is 1. The predicted octanol–water partition coefficient (Wildman–Crippen LogP) is 3.01. The second-order valence-electron chi connectivity index (χ2n) is 3.61. The molecule has 0 unspecified atom stereocenters. The van der Waals surface area contributed by atoms with Gasteiger partial charge in [0, 0.05) is 6.42 Å². The van der Waals surface area contributed by atoms with E-state index in [2.05, 4.69) is 37.8 Å². The molecule has 1 atom stereocenters. The van der Waals surface area contributed by atoms with E-state index in [0.29, 0.717) is 0 Å². The topological polar surface area (TPSA) is 9.23 Å². The van der Waals surface area contributed by atoms with E-state index in [9.17, 15) is 0 Å². The second-order valence-corrected chi connectivity index (χ2v) is 3.61. The van der Waals surface area contributed by atoms with Crippen LogP contribution >= 0.6 is 0 Å². The molecule has 68 valence electrons. The van der Waals surface area contributed by atoms with Crippen molar-refractivity contribution < 1.29 is 4.74 Å². The number of hydrogen-bond acceptors (Lipinski definition) is 1. The quantitative estimate of drug-likeness (QED) is 0.595. The second kappa shape index (κ2) is 3.35. The Morgan fingerprint density at radius 2 is 2.15 bits per heavy atom. The molecule has 0 saturated carbocycles. The first-order chi connectivity index (χ1) is 6.27. The standard InChI is InChI=1S/C12H14O/c1-9-7-12(13-8-9)11-6-4-3-5-10(11)2/h3-6,12H,1,7-8H2,2H3/t12-/m1/s1. The lowest BCUT2D eigenvalue weighted by Gasteiger charge is -2.11. The molecule has 1 heterocycles. The summed E-state index contributed by atoms with van der Waals surface area (Å²) in [7, 11) is 0. The van der Waals surface area contributed by atoms with Crippen molar-refractivity contribution in [1.82, 2.24) is 0 Å². The van der Waals surface area contributed by atoms with Crippen molar-refractivity contribution in [3.05, 3.63) is 47.5 Å². The highest BCUT2D eigenvalue weighted by molar-refractivity contribution is 5.29. The van der Waals surface area contributed by atoms with Gasteiger partial charge in [-0.3, -0.25) is 0 Å². The van der Waals surface area contributed by atoms with Crippen LogP contribution in [0.5, 0.6) is 0 Å². The fraction of sp³-hybridized carbons (Fsp3) is 0.333. The molecule has 1 nitrogen and oxygen atoms in total. The first-order valence-corrected chi connectivity index (χ1v) is 4.61. The van der Waals surface area contributed by atoms with Crippen LogP contribution in [0.3, 0.4) is 0 Å². The minimum atomic E-state index is 0.244. The Morgan fingerprint density at radius 3 is 2.77 bits per heavy atom. The molecular formula is C12H14O. The highest BCUT2D eigenvalue weighted by atomic mass is 16.5. The van der Waals surface area contributed by atoms with Crippen molar-refractivity contribution in [2.75, 3.05) is 6.61 Å². The molecule has 0 spiro atoms. The van der Waals surface area contributed by atoms with Gasteiger partial charge in [-0.2, -0.15) is 0 Å². The predicted molar refractivity (Wildman–Crippen MR) is 53.6 cm³/mol. The number of hydrogen-bond donors (Lipinski definition) is 0. The highest BCUT2D eigenvalue weighted by Gasteiger charge is 2.21. The average molecular weight is 174 g/mol. The van der Waals surface area contributed by atoms with Gasteiger partial charge in [0.1, 0.15) is 0 Å². The summed E-state index contributed by atoms with van der Waals surface area (Å²) in [5.74, 6) is 0. The monoisotopic (exact) mass is 174 g/mol. The van der Waals surface area contributed by atoms with Crippen molar-refractivity contribution in [1.29, 1.82) is 0 Å². The molecule has 1 aliphatic heterocycles. The van der Waals surface area contributed by atoms with Gasteiger partial charge in [-0.15, -0.1) is 0 Å². The van der Waals surface area contributed by atoms with Gasteiger partial charge in [-0.1, -0.05) is 30.8 Å². The molecule has 1 fully saturated rings. The van der Waals surface area contributed by atoms with Gasteiger partial charge in [0.05, 0.1) is 12.7 Å². The van der Waals surface area contributed by atoms with Crippen LogP contribution in [0.25, 0.3) is 0 Å². The largest absolute Gasteiger partial charge is 0.369 e. The Morgan fingerprint density at radius 1 is 1.38 bits per heavy atom. The van der Waals surface area contributed by atoms with Crippen LogP contribution in [0, 0.1) is 6.92 Å². The maximum absolute atomic E-state index is 5.63. The molecule has 0 radical (unpaired) electrons. The molecule has 0 amide bonds. The molecule has 1 aliphatic rings. The van der Waals surface area contributed by atoms with E-state index in [1.807, 2.05) is 0 Å². The Balaban J connectivity index is 2.26. The molecule has 0 N–H and O–H groups in total. The smallest absolute Gasteiger partial charge is 0.0869 e. The van der Waals surface area contributed by atoms with Crippen LogP contribution in [-0.4, -0.2) is 6.61 Å². The Kier molecular flexibility index (Phi) is 2.19. The average Bonchev–Trinajstić information content (AvgIpc) is 2.53. The van der Waals surface area contributed by atoms with Crippen LogP contribution in [0.1, 0.15) is 23.7 Å². The Bertz CT molecular complexity index is 328. The van der Waals surface area contributed by atoms with E-state index in [4.69, 9.17) is 4.74 Å². The SMILES string of the molecule is C=C1CO[C@@H](c2ccccc2C)C1. The third kappa shape index (κ3) is 1.65. The van der Waals surface area contributed by atoms with Gasteiger partial charge in [-0.05, 0) is 23.6 Å². The lowest BCUT2D eigenvalue weighted by molar-refractivity contribution is 0.114. The first kappa shape index (κ1) is 8.52. The van der Waals surface area contributed by atoms with Gasteiger partial charge in [0.15, 0.2) is 0 Å². The zero-order valence-corrected chi connectivity index (χ0v) is 7.92. The van der Waals surface area contributed by atoms with Gasteiger partial charge < -0.3 is 4.74 Å². The fourth-order valence-electron chi connectivity index (χ4n) is 1.75. The summed E-state index contributed by atoms with van der Waals surface area (Å²) in [5, 5.41) is 0. The van der Waals surface area contributed by atoms with E-state index in [-0.39, 0.29) is 6.10 Å². The molecule has 0 bridgehead atoms. The van der Waals surface area contributed by atoms with Gasteiger partial charge in [0.25, 0.3) is 0 Å². The van der Waals surface area contributed by atoms with Crippen LogP contribution in [0.2, 0.25) is 0 Å². The van der Waals surface area contributed by atoms with Crippen LogP contribution in [-0.2, 0) is 4.74 Å². The zero-order valence-electron chi connectivity index (χ0n) is 7.92. The minimum Gasteiger partial charge on any atom is -0.369 e. The first-order valence-electron chi connectivity index (χ1n) is 4.61. The molecule has 1 aromatic rings.